The molecular formula is C11H14N4O2. The van der Waals surface area contributed by atoms with E-state index in [0.29, 0.717) is 5.82 Å². The highest BCUT2D eigenvalue weighted by Crippen LogP contribution is 2.17. The highest BCUT2D eigenvalue weighted by Gasteiger charge is 2.18. The summed E-state index contributed by atoms with van der Waals surface area (Å²) < 4.78 is 1.66. The van der Waals surface area contributed by atoms with Crippen LogP contribution < -0.4 is 4.90 Å². The molecule has 0 amide bonds. The van der Waals surface area contributed by atoms with Gasteiger partial charge in [-0.2, -0.15) is 5.10 Å². The molecule has 6 nitrogen and oxygen atoms in total. The van der Waals surface area contributed by atoms with E-state index in [0.717, 1.165) is 11.0 Å². The van der Waals surface area contributed by atoms with Crippen LogP contribution in [0.1, 0.15) is 6.92 Å². The van der Waals surface area contributed by atoms with Gasteiger partial charge in [-0.05, 0) is 19.1 Å². The Labute approximate surface area is 98.5 Å². The molecule has 0 radical (unpaired) electrons. The lowest BCUT2D eigenvalue weighted by Crippen LogP contribution is -2.36. The summed E-state index contributed by atoms with van der Waals surface area (Å²) in [6.45, 7) is 1.62. The molecule has 2 rings (SSSR count). The fourth-order valence-electron chi connectivity index (χ4n) is 1.57. The van der Waals surface area contributed by atoms with Gasteiger partial charge in [0.05, 0.1) is 6.20 Å². The molecule has 0 aliphatic heterocycles. The van der Waals surface area contributed by atoms with Gasteiger partial charge in [0, 0.05) is 19.5 Å². The van der Waals surface area contributed by atoms with Crippen molar-refractivity contribution in [2.24, 2.45) is 7.05 Å². The van der Waals surface area contributed by atoms with Gasteiger partial charge >= 0.3 is 5.97 Å². The molecule has 1 atom stereocenters. The number of pyridine rings is 1. The van der Waals surface area contributed by atoms with Gasteiger partial charge in [-0.25, -0.2) is 9.78 Å². The highest BCUT2D eigenvalue weighted by atomic mass is 16.4. The lowest BCUT2D eigenvalue weighted by Gasteiger charge is -2.22. The van der Waals surface area contributed by atoms with Crippen molar-refractivity contribution in [2.75, 3.05) is 11.9 Å². The molecule has 0 spiro atoms. The predicted molar refractivity (Wildman–Crippen MR) is 64.0 cm³/mol. The summed E-state index contributed by atoms with van der Waals surface area (Å²) in [7, 11) is 3.52. The molecule has 90 valence electrons. The third-order valence-electron chi connectivity index (χ3n) is 2.87. The summed E-state index contributed by atoms with van der Waals surface area (Å²) in [5, 5.41) is 14.0. The van der Waals surface area contributed by atoms with Crippen molar-refractivity contribution in [2.45, 2.75) is 13.0 Å². The quantitative estimate of drug-likeness (QED) is 0.853. The number of hydrogen-bond donors (Lipinski definition) is 1. The molecule has 6 heteroatoms. The zero-order chi connectivity index (χ0) is 12.6. The van der Waals surface area contributed by atoms with Crippen molar-refractivity contribution in [1.82, 2.24) is 14.8 Å². The summed E-state index contributed by atoms with van der Waals surface area (Å²) in [6, 6.07) is 3.06. The third-order valence-corrected chi connectivity index (χ3v) is 2.87. The topological polar surface area (TPSA) is 71.2 Å². The number of rotatable bonds is 3. The number of carboxylic acids is 1. The van der Waals surface area contributed by atoms with Gasteiger partial charge in [-0.15, -0.1) is 0 Å². The average Bonchev–Trinajstić information content (AvgIpc) is 2.68. The minimum Gasteiger partial charge on any atom is -0.480 e. The molecule has 0 saturated carbocycles. The summed E-state index contributed by atoms with van der Waals surface area (Å²) in [5.41, 5.74) is 0.743. The van der Waals surface area contributed by atoms with E-state index in [4.69, 9.17) is 5.11 Å². The number of carbonyl (C=O) groups is 1. The molecule has 0 saturated heterocycles. The molecule has 1 N–H and O–H groups in total. The maximum atomic E-state index is 10.9. The van der Waals surface area contributed by atoms with Crippen molar-refractivity contribution in [3.63, 3.8) is 0 Å². The first-order valence-electron chi connectivity index (χ1n) is 5.25. The number of fused-ring (bicyclic) bond motifs is 1. The minimum absolute atomic E-state index is 0.617. The summed E-state index contributed by atoms with van der Waals surface area (Å²) in [4.78, 5) is 16.9. The van der Waals surface area contributed by atoms with Crippen LogP contribution in [0, 0.1) is 0 Å². The maximum Gasteiger partial charge on any atom is 0.326 e. The monoisotopic (exact) mass is 234 g/mol. The molecule has 2 aromatic rings. The van der Waals surface area contributed by atoms with Crippen molar-refractivity contribution in [3.8, 4) is 0 Å². The first-order chi connectivity index (χ1) is 8.00. The second kappa shape index (κ2) is 4.04. The van der Waals surface area contributed by atoms with Gasteiger partial charge in [0.2, 0.25) is 0 Å². The second-order valence-corrected chi connectivity index (χ2v) is 3.98. The number of likely N-dealkylation sites (N-methyl/N-ethyl adjacent to an activating group) is 1. The fraction of sp³-hybridized carbons (Fsp3) is 0.364. The average molecular weight is 234 g/mol. The van der Waals surface area contributed by atoms with Crippen molar-refractivity contribution < 1.29 is 9.90 Å². The molecular weight excluding hydrogens is 220 g/mol. The normalized spacial score (nSPS) is 12.6. The Morgan fingerprint density at radius 3 is 2.88 bits per heavy atom. The summed E-state index contributed by atoms with van der Waals surface area (Å²) >= 11 is 0. The lowest BCUT2D eigenvalue weighted by molar-refractivity contribution is -0.138. The Balaban J connectivity index is 2.42. The van der Waals surface area contributed by atoms with E-state index in [-0.39, 0.29) is 0 Å². The van der Waals surface area contributed by atoms with Crippen LogP contribution in [-0.4, -0.2) is 38.9 Å². The van der Waals surface area contributed by atoms with Gasteiger partial charge < -0.3 is 10.0 Å². The molecule has 1 unspecified atom stereocenters. The van der Waals surface area contributed by atoms with Crippen LogP contribution in [0.25, 0.3) is 11.0 Å². The summed E-state index contributed by atoms with van der Waals surface area (Å²) in [5.74, 6) is -0.254. The second-order valence-electron chi connectivity index (χ2n) is 3.98. The Hall–Kier alpha value is -2.11. The number of aromatic nitrogens is 3. The van der Waals surface area contributed by atoms with E-state index >= 15 is 0 Å². The number of aryl methyl sites for hydroxylation is 1. The van der Waals surface area contributed by atoms with Crippen LogP contribution in [0.15, 0.2) is 18.3 Å². The molecule has 0 bridgehead atoms. The Morgan fingerprint density at radius 1 is 1.53 bits per heavy atom. The number of carboxylic acid groups (broad SMARTS) is 1. The van der Waals surface area contributed by atoms with Crippen molar-refractivity contribution in [3.05, 3.63) is 18.3 Å². The minimum atomic E-state index is -0.876. The van der Waals surface area contributed by atoms with Crippen LogP contribution in [0.3, 0.4) is 0 Å². The van der Waals surface area contributed by atoms with Gasteiger partial charge in [-0.1, -0.05) is 0 Å². The van der Waals surface area contributed by atoms with E-state index in [1.807, 2.05) is 6.07 Å². The molecule has 2 heterocycles. The third kappa shape index (κ3) is 1.93. The summed E-state index contributed by atoms with van der Waals surface area (Å²) in [6.07, 6.45) is 1.73. The fourth-order valence-corrected chi connectivity index (χ4v) is 1.57. The van der Waals surface area contributed by atoms with Crippen LogP contribution >= 0.6 is 0 Å². The van der Waals surface area contributed by atoms with Gasteiger partial charge in [0.25, 0.3) is 0 Å². The van der Waals surface area contributed by atoms with E-state index < -0.39 is 12.0 Å². The van der Waals surface area contributed by atoms with Crippen LogP contribution in [-0.2, 0) is 11.8 Å². The maximum absolute atomic E-state index is 10.9. The Bertz CT molecular complexity index is 564. The molecule has 0 aliphatic carbocycles. The molecule has 0 fully saturated rings. The zero-order valence-corrected chi connectivity index (χ0v) is 9.95. The first kappa shape index (κ1) is 11.4. The van der Waals surface area contributed by atoms with Crippen molar-refractivity contribution >= 4 is 22.8 Å². The lowest BCUT2D eigenvalue weighted by atomic mass is 10.3. The molecule has 2 aromatic heterocycles. The Kier molecular flexibility index (Phi) is 2.71. The van der Waals surface area contributed by atoms with E-state index in [9.17, 15) is 4.79 Å². The number of aliphatic carboxylic acids is 1. The smallest absolute Gasteiger partial charge is 0.326 e. The predicted octanol–water partition coefficient (Wildman–Crippen LogP) is 0.878. The van der Waals surface area contributed by atoms with Crippen LogP contribution in [0.5, 0.6) is 0 Å². The molecule has 0 aromatic carbocycles. The van der Waals surface area contributed by atoms with Crippen LogP contribution in [0.4, 0.5) is 5.82 Å². The highest BCUT2D eigenvalue weighted by molar-refractivity contribution is 5.79. The Morgan fingerprint density at radius 2 is 2.24 bits per heavy atom. The number of anilines is 1. The first-order valence-corrected chi connectivity index (χ1v) is 5.25. The largest absolute Gasteiger partial charge is 0.480 e. The SMILES string of the molecule is CC(C(=O)O)N(C)c1ccc2cnn(C)c2n1. The van der Waals surface area contributed by atoms with Gasteiger partial charge in [-0.3, -0.25) is 4.68 Å². The van der Waals surface area contributed by atoms with E-state index in [1.54, 1.807) is 42.9 Å². The number of hydrogen-bond acceptors (Lipinski definition) is 4. The van der Waals surface area contributed by atoms with E-state index in [2.05, 4.69) is 10.1 Å². The zero-order valence-electron chi connectivity index (χ0n) is 9.95. The van der Waals surface area contributed by atoms with Crippen molar-refractivity contribution in [1.29, 1.82) is 0 Å². The van der Waals surface area contributed by atoms with Gasteiger partial charge in [0.1, 0.15) is 11.9 Å². The van der Waals surface area contributed by atoms with Crippen LogP contribution in [0.2, 0.25) is 0 Å². The molecule has 0 aliphatic rings. The van der Waals surface area contributed by atoms with Gasteiger partial charge in [0.15, 0.2) is 5.65 Å². The standard InChI is InChI=1S/C11H14N4O2/c1-7(11(16)17)14(2)9-5-4-8-6-12-15(3)10(8)13-9/h4-7H,1-3H3,(H,16,17). The molecule has 17 heavy (non-hydrogen) atoms. The number of nitrogens with zero attached hydrogens (tertiary/aromatic N) is 4. The van der Waals surface area contributed by atoms with E-state index in [1.165, 1.54) is 0 Å².